The van der Waals surface area contributed by atoms with Crippen LogP contribution in [0.5, 0.6) is 0 Å². The minimum atomic E-state index is 0.640. The number of hydrogen-bond donors (Lipinski definition) is 1. The normalized spacial score (nSPS) is 11.3. The van der Waals surface area contributed by atoms with Crippen LogP contribution in [0.4, 0.5) is 5.69 Å². The first-order valence-electron chi connectivity index (χ1n) is 6.42. The minimum absolute atomic E-state index is 0.640. The van der Waals surface area contributed by atoms with Crippen LogP contribution in [0.15, 0.2) is 48.5 Å². The molecule has 104 valence electrons. The molecule has 1 aromatic heterocycles. The Morgan fingerprint density at radius 2 is 1.76 bits per heavy atom. The Hall–Kier alpha value is -2.03. The van der Waals surface area contributed by atoms with Gasteiger partial charge in [-0.05, 0) is 42.0 Å². The van der Waals surface area contributed by atoms with Gasteiger partial charge in [-0.2, -0.15) is 0 Å². The molecular formula is C17H12Cl2N2. The van der Waals surface area contributed by atoms with Gasteiger partial charge in [0.1, 0.15) is 0 Å². The van der Waals surface area contributed by atoms with Gasteiger partial charge in [-0.15, -0.1) is 0 Å². The first kappa shape index (κ1) is 13.9. The third-order valence-electron chi connectivity index (χ3n) is 3.16. The van der Waals surface area contributed by atoms with E-state index < -0.39 is 0 Å². The topological polar surface area (TPSA) is 38.9 Å². The van der Waals surface area contributed by atoms with Crippen molar-refractivity contribution in [3.63, 3.8) is 0 Å². The van der Waals surface area contributed by atoms with Crippen LogP contribution >= 0.6 is 23.2 Å². The number of anilines is 1. The van der Waals surface area contributed by atoms with Gasteiger partial charge < -0.3 is 5.73 Å². The molecule has 0 bridgehead atoms. The molecule has 0 saturated carbocycles. The molecule has 1 heterocycles. The van der Waals surface area contributed by atoms with E-state index in [1.54, 1.807) is 12.1 Å². The zero-order valence-corrected chi connectivity index (χ0v) is 12.6. The summed E-state index contributed by atoms with van der Waals surface area (Å²) in [5, 5.41) is 2.24. The molecule has 3 aromatic rings. The van der Waals surface area contributed by atoms with E-state index in [2.05, 4.69) is 4.98 Å². The molecule has 4 heteroatoms. The van der Waals surface area contributed by atoms with Crippen LogP contribution in [0.25, 0.3) is 23.1 Å². The molecule has 2 nitrogen and oxygen atoms in total. The fourth-order valence-electron chi connectivity index (χ4n) is 2.12. The van der Waals surface area contributed by atoms with Crippen LogP contribution < -0.4 is 5.73 Å². The number of aromatic nitrogens is 1. The molecule has 0 saturated heterocycles. The first-order valence-corrected chi connectivity index (χ1v) is 7.17. The fourth-order valence-corrected chi connectivity index (χ4v) is 2.49. The van der Waals surface area contributed by atoms with E-state index in [4.69, 9.17) is 28.9 Å². The van der Waals surface area contributed by atoms with Gasteiger partial charge in [-0.3, -0.25) is 0 Å². The second kappa shape index (κ2) is 5.76. The largest absolute Gasteiger partial charge is 0.398 e. The van der Waals surface area contributed by atoms with Gasteiger partial charge in [0.05, 0.1) is 11.2 Å². The van der Waals surface area contributed by atoms with E-state index in [-0.39, 0.29) is 0 Å². The highest BCUT2D eigenvalue weighted by atomic mass is 35.5. The molecule has 0 amide bonds. The quantitative estimate of drug-likeness (QED) is 0.697. The van der Waals surface area contributed by atoms with Gasteiger partial charge in [0.15, 0.2) is 0 Å². The van der Waals surface area contributed by atoms with Crippen LogP contribution in [0.2, 0.25) is 10.0 Å². The van der Waals surface area contributed by atoms with Crippen LogP contribution in [0.1, 0.15) is 11.3 Å². The highest BCUT2D eigenvalue weighted by molar-refractivity contribution is 6.32. The van der Waals surface area contributed by atoms with Crippen molar-refractivity contribution in [2.24, 2.45) is 0 Å². The maximum absolute atomic E-state index is 6.12. The highest BCUT2D eigenvalue weighted by Gasteiger charge is 2.03. The Morgan fingerprint density at radius 3 is 2.57 bits per heavy atom. The molecule has 3 rings (SSSR count). The molecule has 0 aliphatic rings. The van der Waals surface area contributed by atoms with E-state index in [1.165, 1.54) is 0 Å². The zero-order valence-electron chi connectivity index (χ0n) is 11.1. The number of halogens is 2. The molecule has 2 aromatic carbocycles. The second-order valence-electron chi connectivity index (χ2n) is 4.65. The number of hydrogen-bond acceptors (Lipinski definition) is 2. The van der Waals surface area contributed by atoms with Crippen molar-refractivity contribution in [2.75, 3.05) is 5.73 Å². The summed E-state index contributed by atoms with van der Waals surface area (Å²) in [6.07, 6.45) is 3.80. The number of nitrogen functional groups attached to an aromatic ring is 1. The molecule has 0 unspecified atom stereocenters. The summed E-state index contributed by atoms with van der Waals surface area (Å²) in [5.41, 5.74) is 9.22. The molecule has 0 aliphatic heterocycles. The number of benzene rings is 2. The summed E-state index contributed by atoms with van der Waals surface area (Å²) < 4.78 is 0. The fraction of sp³-hybridized carbons (Fsp3) is 0. The Kier molecular flexibility index (Phi) is 3.82. The monoisotopic (exact) mass is 314 g/mol. The number of rotatable bonds is 2. The lowest BCUT2D eigenvalue weighted by Crippen LogP contribution is -1.92. The number of nitrogens with two attached hydrogens (primary N) is 1. The van der Waals surface area contributed by atoms with Crippen molar-refractivity contribution in [2.45, 2.75) is 0 Å². The third kappa shape index (κ3) is 3.02. The Balaban J connectivity index is 2.03. The number of pyridine rings is 1. The van der Waals surface area contributed by atoms with E-state index in [0.29, 0.717) is 15.7 Å². The SMILES string of the molecule is Nc1cc(C=Cc2ccccc2Cl)nc2cc(Cl)ccc12. The van der Waals surface area contributed by atoms with Gasteiger partial charge in [0, 0.05) is 21.1 Å². The lowest BCUT2D eigenvalue weighted by Gasteiger charge is -2.04. The Morgan fingerprint density at radius 1 is 0.952 bits per heavy atom. The second-order valence-corrected chi connectivity index (χ2v) is 5.50. The molecule has 0 aliphatic carbocycles. The molecular weight excluding hydrogens is 303 g/mol. The molecule has 0 atom stereocenters. The number of fused-ring (bicyclic) bond motifs is 1. The van der Waals surface area contributed by atoms with Crippen molar-refractivity contribution in [1.82, 2.24) is 4.98 Å². The molecule has 2 N–H and O–H groups in total. The third-order valence-corrected chi connectivity index (χ3v) is 3.74. The van der Waals surface area contributed by atoms with Crippen LogP contribution in [0, 0.1) is 0 Å². The lowest BCUT2D eigenvalue weighted by atomic mass is 10.1. The smallest absolute Gasteiger partial charge is 0.0744 e. The molecule has 21 heavy (non-hydrogen) atoms. The summed E-state index contributed by atoms with van der Waals surface area (Å²) >= 11 is 12.1. The maximum Gasteiger partial charge on any atom is 0.0744 e. The summed E-state index contributed by atoms with van der Waals surface area (Å²) in [6, 6.07) is 15.0. The van der Waals surface area contributed by atoms with Gasteiger partial charge in [-0.1, -0.05) is 47.5 Å². The van der Waals surface area contributed by atoms with Gasteiger partial charge >= 0.3 is 0 Å². The molecule has 0 fully saturated rings. The minimum Gasteiger partial charge on any atom is -0.398 e. The van der Waals surface area contributed by atoms with E-state index in [9.17, 15) is 0 Å². The predicted octanol–water partition coefficient (Wildman–Crippen LogP) is 5.29. The first-order chi connectivity index (χ1) is 10.1. The predicted molar refractivity (Wildman–Crippen MR) is 91.5 cm³/mol. The summed E-state index contributed by atoms with van der Waals surface area (Å²) in [6.45, 7) is 0. The van der Waals surface area contributed by atoms with E-state index >= 15 is 0 Å². The van der Waals surface area contributed by atoms with Crippen molar-refractivity contribution < 1.29 is 0 Å². The lowest BCUT2D eigenvalue weighted by molar-refractivity contribution is 1.37. The highest BCUT2D eigenvalue weighted by Crippen LogP contribution is 2.25. The Bertz CT molecular complexity index is 841. The van der Waals surface area contributed by atoms with Crippen molar-refractivity contribution in [3.8, 4) is 0 Å². The summed E-state index contributed by atoms with van der Waals surface area (Å²) in [7, 11) is 0. The maximum atomic E-state index is 6.12. The number of nitrogens with zero attached hydrogens (tertiary/aromatic N) is 1. The van der Waals surface area contributed by atoms with Crippen molar-refractivity contribution in [1.29, 1.82) is 0 Å². The van der Waals surface area contributed by atoms with E-state index in [0.717, 1.165) is 22.2 Å². The van der Waals surface area contributed by atoms with Crippen LogP contribution in [-0.4, -0.2) is 4.98 Å². The van der Waals surface area contributed by atoms with Gasteiger partial charge in [0.25, 0.3) is 0 Å². The standard InChI is InChI=1S/C17H12Cl2N2/c18-12-6-8-14-16(20)10-13(21-17(14)9-12)7-5-11-3-1-2-4-15(11)19/h1-10H,(H2,20,21). The Labute approximate surface area is 132 Å². The molecule has 0 spiro atoms. The van der Waals surface area contributed by atoms with Crippen molar-refractivity contribution >= 4 is 51.9 Å². The van der Waals surface area contributed by atoms with Crippen LogP contribution in [0.3, 0.4) is 0 Å². The van der Waals surface area contributed by atoms with Crippen LogP contribution in [-0.2, 0) is 0 Å². The average Bonchev–Trinajstić information content (AvgIpc) is 2.46. The van der Waals surface area contributed by atoms with E-state index in [1.807, 2.05) is 48.6 Å². The zero-order chi connectivity index (χ0) is 14.8. The summed E-state index contributed by atoms with van der Waals surface area (Å²) in [5.74, 6) is 0. The van der Waals surface area contributed by atoms with Gasteiger partial charge in [0.2, 0.25) is 0 Å². The average molecular weight is 315 g/mol. The van der Waals surface area contributed by atoms with Gasteiger partial charge in [-0.25, -0.2) is 4.98 Å². The molecule has 0 radical (unpaired) electrons. The van der Waals surface area contributed by atoms with Crippen molar-refractivity contribution in [3.05, 3.63) is 69.8 Å². The summed E-state index contributed by atoms with van der Waals surface area (Å²) in [4.78, 5) is 4.55.